The fourth-order valence-corrected chi connectivity index (χ4v) is 2.76. The van der Waals surface area contributed by atoms with E-state index in [-0.39, 0.29) is 0 Å². The van der Waals surface area contributed by atoms with Gasteiger partial charge in [0.2, 0.25) is 0 Å². The van der Waals surface area contributed by atoms with Gasteiger partial charge in [0, 0.05) is 12.2 Å². The van der Waals surface area contributed by atoms with Crippen molar-refractivity contribution in [1.29, 1.82) is 0 Å². The first kappa shape index (κ1) is 11.6. The standard InChI is InChI=1S/C13H23N3/c1-4-14-12-6-5-10(2)7-13(12)16-9-11(3)8-15-16/h8-10,12-14H,4-7H2,1-3H3. The lowest BCUT2D eigenvalue weighted by Crippen LogP contribution is -2.41. The monoisotopic (exact) mass is 221 g/mol. The van der Waals surface area contributed by atoms with E-state index in [1.54, 1.807) is 0 Å². The lowest BCUT2D eigenvalue weighted by molar-refractivity contribution is 0.205. The molecule has 1 heterocycles. The molecule has 0 aromatic carbocycles. The molecule has 90 valence electrons. The van der Waals surface area contributed by atoms with E-state index >= 15 is 0 Å². The van der Waals surface area contributed by atoms with Crippen molar-refractivity contribution in [3.8, 4) is 0 Å². The van der Waals surface area contributed by atoms with Gasteiger partial charge in [-0.15, -0.1) is 0 Å². The average Bonchev–Trinajstić information content (AvgIpc) is 2.68. The maximum Gasteiger partial charge on any atom is 0.0674 e. The summed E-state index contributed by atoms with van der Waals surface area (Å²) in [4.78, 5) is 0. The molecule has 0 amide bonds. The summed E-state index contributed by atoms with van der Waals surface area (Å²) < 4.78 is 2.16. The van der Waals surface area contributed by atoms with Crippen LogP contribution in [-0.2, 0) is 0 Å². The van der Waals surface area contributed by atoms with Crippen LogP contribution in [0.25, 0.3) is 0 Å². The van der Waals surface area contributed by atoms with Crippen LogP contribution < -0.4 is 5.32 Å². The van der Waals surface area contributed by atoms with Crippen LogP contribution in [0.15, 0.2) is 12.4 Å². The van der Waals surface area contributed by atoms with Crippen molar-refractivity contribution >= 4 is 0 Å². The molecule has 0 bridgehead atoms. The second-order valence-corrected chi connectivity index (χ2v) is 5.15. The third-order valence-electron chi connectivity index (χ3n) is 3.62. The molecule has 1 aliphatic carbocycles. The highest BCUT2D eigenvalue weighted by Crippen LogP contribution is 2.32. The van der Waals surface area contributed by atoms with Gasteiger partial charge in [0.05, 0.1) is 12.2 Å². The van der Waals surface area contributed by atoms with Crippen molar-refractivity contribution in [2.75, 3.05) is 6.54 Å². The second kappa shape index (κ2) is 5.00. The molecular weight excluding hydrogens is 198 g/mol. The molecule has 0 spiro atoms. The van der Waals surface area contributed by atoms with Crippen molar-refractivity contribution in [2.45, 2.75) is 52.1 Å². The van der Waals surface area contributed by atoms with E-state index in [0.29, 0.717) is 12.1 Å². The Balaban J connectivity index is 2.13. The topological polar surface area (TPSA) is 29.9 Å². The minimum Gasteiger partial charge on any atom is -0.312 e. The first-order valence-corrected chi connectivity index (χ1v) is 6.44. The lowest BCUT2D eigenvalue weighted by atomic mass is 9.83. The maximum absolute atomic E-state index is 4.48. The third-order valence-corrected chi connectivity index (χ3v) is 3.62. The second-order valence-electron chi connectivity index (χ2n) is 5.15. The Bertz CT molecular complexity index is 332. The van der Waals surface area contributed by atoms with Crippen molar-refractivity contribution in [3.05, 3.63) is 18.0 Å². The van der Waals surface area contributed by atoms with Crippen LogP contribution in [0, 0.1) is 12.8 Å². The molecule has 1 saturated carbocycles. The van der Waals surface area contributed by atoms with Gasteiger partial charge >= 0.3 is 0 Å². The molecule has 1 aromatic rings. The zero-order valence-electron chi connectivity index (χ0n) is 10.6. The zero-order chi connectivity index (χ0) is 11.5. The van der Waals surface area contributed by atoms with Crippen molar-refractivity contribution in [3.63, 3.8) is 0 Å². The van der Waals surface area contributed by atoms with Gasteiger partial charge in [0.25, 0.3) is 0 Å². The molecule has 0 radical (unpaired) electrons. The van der Waals surface area contributed by atoms with E-state index in [9.17, 15) is 0 Å². The first-order chi connectivity index (χ1) is 7.70. The van der Waals surface area contributed by atoms with E-state index in [4.69, 9.17) is 0 Å². The van der Waals surface area contributed by atoms with Gasteiger partial charge in [0.15, 0.2) is 0 Å². The van der Waals surface area contributed by atoms with Crippen LogP contribution >= 0.6 is 0 Å². The van der Waals surface area contributed by atoms with Crippen LogP contribution in [0.4, 0.5) is 0 Å². The molecule has 1 N–H and O–H groups in total. The van der Waals surface area contributed by atoms with Gasteiger partial charge in [-0.2, -0.15) is 5.10 Å². The maximum atomic E-state index is 4.48. The minimum atomic E-state index is 0.539. The highest BCUT2D eigenvalue weighted by Gasteiger charge is 2.29. The van der Waals surface area contributed by atoms with Gasteiger partial charge in [0.1, 0.15) is 0 Å². The molecule has 0 saturated heterocycles. The number of nitrogens with zero attached hydrogens (tertiary/aromatic N) is 2. The molecule has 3 unspecified atom stereocenters. The number of hydrogen-bond acceptors (Lipinski definition) is 2. The van der Waals surface area contributed by atoms with Crippen molar-refractivity contribution in [2.24, 2.45) is 5.92 Å². The first-order valence-electron chi connectivity index (χ1n) is 6.44. The molecule has 3 atom stereocenters. The molecule has 1 aromatic heterocycles. The van der Waals surface area contributed by atoms with Gasteiger partial charge < -0.3 is 5.32 Å². The van der Waals surface area contributed by atoms with Gasteiger partial charge in [-0.1, -0.05) is 13.8 Å². The van der Waals surface area contributed by atoms with Gasteiger partial charge in [-0.25, -0.2) is 0 Å². The molecule has 3 heteroatoms. The Hall–Kier alpha value is -0.830. The average molecular weight is 221 g/mol. The number of hydrogen-bond donors (Lipinski definition) is 1. The Kier molecular flexibility index (Phi) is 3.64. The largest absolute Gasteiger partial charge is 0.312 e. The Morgan fingerprint density at radius 2 is 2.31 bits per heavy atom. The highest BCUT2D eigenvalue weighted by molar-refractivity contribution is 5.02. The molecule has 0 aliphatic heterocycles. The van der Waals surface area contributed by atoms with Crippen LogP contribution in [0.3, 0.4) is 0 Å². The Labute approximate surface area is 98.2 Å². The summed E-state index contributed by atoms with van der Waals surface area (Å²) in [5, 5.41) is 8.09. The summed E-state index contributed by atoms with van der Waals surface area (Å²) in [5.74, 6) is 0.824. The summed E-state index contributed by atoms with van der Waals surface area (Å²) in [7, 11) is 0. The lowest BCUT2D eigenvalue weighted by Gasteiger charge is -2.35. The number of aromatic nitrogens is 2. The number of likely N-dealkylation sites (N-methyl/N-ethyl adjacent to an activating group) is 1. The number of rotatable bonds is 3. The van der Waals surface area contributed by atoms with Crippen LogP contribution in [0.2, 0.25) is 0 Å². The normalized spacial score (nSPS) is 30.6. The molecule has 16 heavy (non-hydrogen) atoms. The molecule has 3 nitrogen and oxygen atoms in total. The highest BCUT2D eigenvalue weighted by atomic mass is 15.3. The summed E-state index contributed by atoms with van der Waals surface area (Å²) in [6.07, 6.45) is 8.00. The Morgan fingerprint density at radius 1 is 1.50 bits per heavy atom. The van der Waals surface area contributed by atoms with Gasteiger partial charge in [-0.3, -0.25) is 4.68 Å². The molecule has 2 rings (SSSR count). The quantitative estimate of drug-likeness (QED) is 0.850. The zero-order valence-corrected chi connectivity index (χ0v) is 10.6. The van der Waals surface area contributed by atoms with Crippen molar-refractivity contribution < 1.29 is 0 Å². The summed E-state index contributed by atoms with van der Waals surface area (Å²) in [6, 6.07) is 1.14. The fraction of sp³-hybridized carbons (Fsp3) is 0.769. The summed E-state index contributed by atoms with van der Waals surface area (Å²) in [6.45, 7) is 7.70. The van der Waals surface area contributed by atoms with Crippen LogP contribution in [-0.4, -0.2) is 22.4 Å². The van der Waals surface area contributed by atoms with Crippen molar-refractivity contribution in [1.82, 2.24) is 15.1 Å². The van der Waals surface area contributed by atoms with E-state index in [2.05, 4.69) is 42.1 Å². The fourth-order valence-electron chi connectivity index (χ4n) is 2.76. The van der Waals surface area contributed by atoms with E-state index in [0.717, 1.165) is 12.5 Å². The van der Waals surface area contributed by atoms with E-state index in [1.165, 1.54) is 24.8 Å². The van der Waals surface area contributed by atoms with Crippen LogP contribution in [0.5, 0.6) is 0 Å². The Morgan fingerprint density at radius 3 is 2.94 bits per heavy atom. The smallest absolute Gasteiger partial charge is 0.0674 e. The van der Waals surface area contributed by atoms with E-state index < -0.39 is 0 Å². The predicted octanol–water partition coefficient (Wildman–Crippen LogP) is 2.53. The van der Waals surface area contributed by atoms with Gasteiger partial charge in [-0.05, 0) is 44.2 Å². The summed E-state index contributed by atoms with van der Waals surface area (Å²) >= 11 is 0. The SMILES string of the molecule is CCNC1CCC(C)CC1n1cc(C)cn1. The summed E-state index contributed by atoms with van der Waals surface area (Å²) in [5.41, 5.74) is 1.26. The third kappa shape index (κ3) is 2.46. The molecule has 1 fully saturated rings. The number of nitrogens with one attached hydrogen (secondary N) is 1. The predicted molar refractivity (Wildman–Crippen MR) is 66.5 cm³/mol. The molecule has 1 aliphatic rings. The number of aryl methyl sites for hydroxylation is 1. The van der Waals surface area contributed by atoms with Crippen LogP contribution in [0.1, 0.15) is 44.7 Å². The van der Waals surface area contributed by atoms with E-state index in [1.807, 2.05) is 6.20 Å². The minimum absolute atomic E-state index is 0.539. The molecular formula is C13H23N3.